The van der Waals surface area contributed by atoms with Crippen molar-refractivity contribution in [3.63, 3.8) is 0 Å². The molecule has 1 aliphatic rings. The van der Waals surface area contributed by atoms with Gasteiger partial charge in [0.1, 0.15) is 5.82 Å². The Kier molecular flexibility index (Phi) is 4.95. The van der Waals surface area contributed by atoms with Crippen molar-refractivity contribution in [3.05, 3.63) is 29.6 Å². The number of nitrogens with zero attached hydrogens (tertiary/aromatic N) is 1. The summed E-state index contributed by atoms with van der Waals surface area (Å²) in [5, 5.41) is 0. The summed E-state index contributed by atoms with van der Waals surface area (Å²) in [5.41, 5.74) is 0.499. The van der Waals surface area contributed by atoms with Crippen molar-refractivity contribution < 1.29 is 17.6 Å². The van der Waals surface area contributed by atoms with Crippen LogP contribution >= 0.6 is 0 Å². The molecule has 1 aliphatic heterocycles. The molecule has 1 N–H and O–H groups in total. The van der Waals surface area contributed by atoms with Crippen LogP contribution in [-0.2, 0) is 14.8 Å². The molecule has 5 nitrogen and oxygen atoms in total. The number of halogens is 1. The van der Waals surface area contributed by atoms with Crippen molar-refractivity contribution in [1.29, 1.82) is 0 Å². The summed E-state index contributed by atoms with van der Waals surface area (Å²) >= 11 is 0. The van der Waals surface area contributed by atoms with Gasteiger partial charge in [0.05, 0.1) is 4.90 Å². The van der Waals surface area contributed by atoms with Gasteiger partial charge in [-0.1, -0.05) is 6.07 Å². The van der Waals surface area contributed by atoms with E-state index in [1.165, 1.54) is 12.1 Å². The van der Waals surface area contributed by atoms with Gasteiger partial charge < -0.3 is 4.90 Å². The number of aryl methyl sites for hydroxylation is 1. The largest absolute Gasteiger partial charge is 0.343 e. The van der Waals surface area contributed by atoms with E-state index in [0.717, 1.165) is 19.0 Å². The zero-order valence-electron chi connectivity index (χ0n) is 11.9. The van der Waals surface area contributed by atoms with Gasteiger partial charge in [-0.05, 0) is 37.5 Å². The first-order valence-corrected chi connectivity index (χ1v) is 8.42. The third-order valence-corrected chi connectivity index (χ3v) is 5.11. The van der Waals surface area contributed by atoms with E-state index >= 15 is 0 Å². The maximum atomic E-state index is 13.2. The summed E-state index contributed by atoms with van der Waals surface area (Å²) in [6, 6.07) is 3.68. The summed E-state index contributed by atoms with van der Waals surface area (Å²) < 4.78 is 39.8. The van der Waals surface area contributed by atoms with Crippen molar-refractivity contribution >= 4 is 15.9 Å². The molecule has 0 aliphatic carbocycles. The fourth-order valence-electron chi connectivity index (χ4n) is 2.36. The molecule has 0 bridgehead atoms. The van der Waals surface area contributed by atoms with E-state index < -0.39 is 15.8 Å². The van der Waals surface area contributed by atoms with Gasteiger partial charge in [-0.25, -0.2) is 17.5 Å². The van der Waals surface area contributed by atoms with Gasteiger partial charge in [0.25, 0.3) is 0 Å². The van der Waals surface area contributed by atoms with Gasteiger partial charge in [0, 0.05) is 26.1 Å². The molecule has 0 unspecified atom stereocenters. The lowest BCUT2D eigenvalue weighted by Gasteiger charge is -2.15. The van der Waals surface area contributed by atoms with Gasteiger partial charge in [0.2, 0.25) is 15.9 Å². The Morgan fingerprint density at radius 3 is 2.81 bits per heavy atom. The summed E-state index contributed by atoms with van der Waals surface area (Å²) in [4.78, 5) is 13.1. The lowest BCUT2D eigenvalue weighted by molar-refractivity contribution is -0.127. The van der Waals surface area contributed by atoms with Gasteiger partial charge in [-0.2, -0.15) is 0 Å². The van der Waals surface area contributed by atoms with Crippen molar-refractivity contribution in [1.82, 2.24) is 9.62 Å². The van der Waals surface area contributed by atoms with Crippen LogP contribution in [0.15, 0.2) is 23.1 Å². The van der Waals surface area contributed by atoms with Gasteiger partial charge in [0.15, 0.2) is 0 Å². The van der Waals surface area contributed by atoms with Crippen LogP contribution in [0.3, 0.4) is 0 Å². The monoisotopic (exact) mass is 314 g/mol. The third-order valence-electron chi connectivity index (χ3n) is 3.51. The number of hydrogen-bond acceptors (Lipinski definition) is 3. The van der Waals surface area contributed by atoms with E-state index in [1.807, 2.05) is 0 Å². The van der Waals surface area contributed by atoms with Crippen LogP contribution < -0.4 is 4.72 Å². The highest BCUT2D eigenvalue weighted by atomic mass is 32.2. The highest BCUT2D eigenvalue weighted by Gasteiger charge is 2.20. The third kappa shape index (κ3) is 4.01. The molecular weight excluding hydrogens is 295 g/mol. The number of carbonyl (C=O) groups is 1. The van der Waals surface area contributed by atoms with Gasteiger partial charge in [-0.15, -0.1) is 0 Å². The first-order valence-electron chi connectivity index (χ1n) is 6.94. The molecule has 0 atom stereocenters. The van der Waals surface area contributed by atoms with Crippen molar-refractivity contribution in [2.24, 2.45) is 0 Å². The highest BCUT2D eigenvalue weighted by Crippen LogP contribution is 2.16. The minimum Gasteiger partial charge on any atom is -0.343 e. The number of rotatable bonds is 6. The SMILES string of the molecule is Cc1ccc(F)cc1S(=O)(=O)NCCCN1CCCC1=O. The van der Waals surface area contributed by atoms with Crippen LogP contribution in [0.25, 0.3) is 0 Å². The van der Waals surface area contributed by atoms with E-state index in [9.17, 15) is 17.6 Å². The molecule has 1 heterocycles. The number of likely N-dealkylation sites (tertiary alicyclic amines) is 1. The number of sulfonamides is 1. The second-order valence-electron chi connectivity index (χ2n) is 5.15. The van der Waals surface area contributed by atoms with Crippen molar-refractivity contribution in [3.8, 4) is 0 Å². The number of carbonyl (C=O) groups excluding carboxylic acids is 1. The minimum absolute atomic E-state index is 0.0419. The molecule has 1 aromatic carbocycles. The molecule has 1 saturated heterocycles. The number of hydrogen-bond donors (Lipinski definition) is 1. The molecule has 1 aromatic rings. The standard InChI is InChI=1S/C14H19FN2O3S/c1-11-5-6-12(15)10-13(11)21(19,20)16-7-3-9-17-8-2-4-14(17)18/h5-6,10,16H,2-4,7-9H2,1H3. The van der Waals surface area contributed by atoms with Crippen LogP contribution in [0.5, 0.6) is 0 Å². The van der Waals surface area contributed by atoms with Crippen LogP contribution in [-0.4, -0.2) is 38.9 Å². The molecule has 1 amide bonds. The minimum atomic E-state index is -3.72. The molecular formula is C14H19FN2O3S. The number of benzene rings is 1. The molecule has 1 fully saturated rings. The molecule has 0 radical (unpaired) electrons. The topological polar surface area (TPSA) is 66.5 Å². The summed E-state index contributed by atoms with van der Waals surface area (Å²) in [5.74, 6) is -0.456. The molecule has 21 heavy (non-hydrogen) atoms. The van der Waals surface area contributed by atoms with E-state index in [0.29, 0.717) is 24.9 Å². The first kappa shape index (κ1) is 15.9. The fraction of sp³-hybridized carbons (Fsp3) is 0.500. The highest BCUT2D eigenvalue weighted by molar-refractivity contribution is 7.89. The average molecular weight is 314 g/mol. The van der Waals surface area contributed by atoms with E-state index in [-0.39, 0.29) is 17.3 Å². The van der Waals surface area contributed by atoms with Crippen LogP contribution in [0.1, 0.15) is 24.8 Å². The van der Waals surface area contributed by atoms with E-state index in [2.05, 4.69) is 4.72 Å². The Bertz CT molecular complexity index is 631. The summed E-state index contributed by atoms with van der Waals surface area (Å²) in [6.45, 7) is 3.14. The first-order chi connectivity index (χ1) is 9.90. The molecule has 116 valence electrons. The van der Waals surface area contributed by atoms with Gasteiger partial charge >= 0.3 is 0 Å². The lowest BCUT2D eigenvalue weighted by Crippen LogP contribution is -2.31. The Labute approximate surface area is 124 Å². The molecule has 7 heteroatoms. The fourth-order valence-corrected chi connectivity index (χ4v) is 3.69. The van der Waals surface area contributed by atoms with Crippen molar-refractivity contribution in [2.75, 3.05) is 19.6 Å². The molecule has 0 spiro atoms. The van der Waals surface area contributed by atoms with E-state index in [1.54, 1.807) is 11.8 Å². The molecule has 0 aromatic heterocycles. The molecule has 2 rings (SSSR count). The number of amides is 1. The Hall–Kier alpha value is -1.47. The van der Waals surface area contributed by atoms with Crippen LogP contribution in [0.4, 0.5) is 4.39 Å². The second-order valence-corrected chi connectivity index (χ2v) is 6.88. The van der Waals surface area contributed by atoms with Gasteiger partial charge in [-0.3, -0.25) is 4.79 Å². The Balaban J connectivity index is 1.89. The smallest absolute Gasteiger partial charge is 0.240 e. The summed E-state index contributed by atoms with van der Waals surface area (Å²) in [6.07, 6.45) is 1.99. The van der Waals surface area contributed by atoms with Crippen molar-refractivity contribution in [2.45, 2.75) is 31.1 Å². The maximum Gasteiger partial charge on any atom is 0.240 e. The zero-order valence-corrected chi connectivity index (χ0v) is 12.7. The Morgan fingerprint density at radius 1 is 1.38 bits per heavy atom. The second kappa shape index (κ2) is 6.53. The quantitative estimate of drug-likeness (QED) is 0.808. The predicted octanol–water partition coefficient (Wildman–Crippen LogP) is 1.42. The normalized spacial score (nSPS) is 15.7. The lowest BCUT2D eigenvalue weighted by atomic mass is 10.2. The zero-order chi connectivity index (χ0) is 15.5. The Morgan fingerprint density at radius 2 is 2.14 bits per heavy atom. The van der Waals surface area contributed by atoms with E-state index in [4.69, 9.17) is 0 Å². The maximum absolute atomic E-state index is 13.2. The van der Waals surface area contributed by atoms with Crippen LogP contribution in [0, 0.1) is 12.7 Å². The van der Waals surface area contributed by atoms with Crippen LogP contribution in [0.2, 0.25) is 0 Å². The summed E-state index contributed by atoms with van der Waals surface area (Å²) in [7, 11) is -3.72. The number of nitrogens with one attached hydrogen (secondary N) is 1. The predicted molar refractivity (Wildman–Crippen MR) is 76.8 cm³/mol. The average Bonchev–Trinajstić information content (AvgIpc) is 2.83. The molecule has 0 saturated carbocycles.